The van der Waals surface area contributed by atoms with E-state index in [0.717, 1.165) is 11.3 Å². The van der Waals surface area contributed by atoms with Gasteiger partial charge in [-0.25, -0.2) is 0 Å². The first-order valence-electron chi connectivity index (χ1n) is 9.10. The minimum atomic E-state index is -0.0437. The number of aryl methyl sites for hydroxylation is 2. The summed E-state index contributed by atoms with van der Waals surface area (Å²) in [5.41, 5.74) is 7.07. The lowest BCUT2D eigenvalue weighted by Gasteiger charge is -2.07. The molecule has 0 spiro atoms. The fourth-order valence-corrected chi connectivity index (χ4v) is 3.11. The van der Waals surface area contributed by atoms with E-state index < -0.39 is 0 Å². The zero-order valence-corrected chi connectivity index (χ0v) is 15.2. The summed E-state index contributed by atoms with van der Waals surface area (Å²) in [5.74, 6) is 1.17. The van der Waals surface area contributed by atoms with Crippen molar-refractivity contribution in [2.45, 2.75) is 39.0 Å². The van der Waals surface area contributed by atoms with E-state index in [9.17, 15) is 4.79 Å². The Bertz CT molecular complexity index is 936. The van der Waals surface area contributed by atoms with Gasteiger partial charge < -0.3 is 5.32 Å². The maximum atomic E-state index is 12.2. The van der Waals surface area contributed by atoms with Gasteiger partial charge in [0.1, 0.15) is 0 Å². The Labute approximate surface area is 153 Å². The number of aromatic nitrogens is 2. The van der Waals surface area contributed by atoms with E-state index in [2.05, 4.69) is 59.7 Å². The number of nitrogens with zero attached hydrogens (tertiary/aromatic N) is 1. The van der Waals surface area contributed by atoms with E-state index >= 15 is 0 Å². The van der Waals surface area contributed by atoms with Crippen molar-refractivity contribution in [3.05, 3.63) is 70.9 Å². The van der Waals surface area contributed by atoms with Gasteiger partial charge in [0, 0.05) is 17.7 Å². The zero-order valence-electron chi connectivity index (χ0n) is 15.2. The summed E-state index contributed by atoms with van der Waals surface area (Å²) in [6.45, 7) is 4.25. The molecule has 1 heterocycles. The average molecular weight is 345 g/mol. The number of H-pyrrole nitrogens is 1. The molecule has 0 atom stereocenters. The Hall–Kier alpha value is -2.88. The highest BCUT2D eigenvalue weighted by molar-refractivity contribution is 5.91. The van der Waals surface area contributed by atoms with Crippen molar-refractivity contribution in [1.82, 2.24) is 10.2 Å². The number of carbonyl (C=O) groups is 1. The number of nitrogens with one attached hydrogen (secondary N) is 2. The molecule has 1 aliphatic rings. The molecule has 2 N–H and O–H groups in total. The van der Waals surface area contributed by atoms with Crippen LogP contribution in [0.2, 0.25) is 0 Å². The molecule has 0 unspecified atom stereocenters. The summed E-state index contributed by atoms with van der Waals surface area (Å²) in [6, 6.07) is 16.6. The average Bonchev–Trinajstić information content (AvgIpc) is 3.38. The van der Waals surface area contributed by atoms with Gasteiger partial charge in [0.05, 0.1) is 6.42 Å². The first kappa shape index (κ1) is 16.6. The number of hydrogen-bond donors (Lipinski definition) is 2. The highest BCUT2D eigenvalue weighted by Gasteiger charge is 2.25. The SMILES string of the molecule is Cc1ccc(-c2ccc(CC(=O)Nc3cc(C4CC4)[nH]n3)cc2)cc1C. The summed E-state index contributed by atoms with van der Waals surface area (Å²) in [7, 11) is 0. The molecule has 26 heavy (non-hydrogen) atoms. The molecular weight excluding hydrogens is 322 g/mol. The molecule has 0 saturated heterocycles. The van der Waals surface area contributed by atoms with E-state index in [-0.39, 0.29) is 5.91 Å². The van der Waals surface area contributed by atoms with Crippen LogP contribution in [0, 0.1) is 13.8 Å². The molecule has 0 radical (unpaired) electrons. The van der Waals surface area contributed by atoms with Gasteiger partial charge in [-0.15, -0.1) is 0 Å². The van der Waals surface area contributed by atoms with Crippen LogP contribution in [0.15, 0.2) is 48.5 Å². The second-order valence-electron chi connectivity index (χ2n) is 7.20. The molecule has 1 amide bonds. The lowest BCUT2D eigenvalue weighted by molar-refractivity contribution is -0.115. The van der Waals surface area contributed by atoms with Crippen molar-refractivity contribution in [2.75, 3.05) is 5.32 Å². The first-order chi connectivity index (χ1) is 12.6. The summed E-state index contributed by atoms with van der Waals surface area (Å²) in [6.07, 6.45) is 2.77. The van der Waals surface area contributed by atoms with E-state index in [0.29, 0.717) is 18.2 Å². The molecule has 4 heteroatoms. The first-order valence-corrected chi connectivity index (χ1v) is 9.10. The summed E-state index contributed by atoms with van der Waals surface area (Å²) in [5, 5.41) is 10.0. The molecule has 0 aliphatic heterocycles. The van der Waals surface area contributed by atoms with Crippen molar-refractivity contribution < 1.29 is 4.79 Å². The topological polar surface area (TPSA) is 57.8 Å². The van der Waals surface area contributed by atoms with E-state index in [4.69, 9.17) is 0 Å². The molecule has 132 valence electrons. The Morgan fingerprint density at radius 3 is 2.46 bits per heavy atom. The van der Waals surface area contributed by atoms with E-state index in [1.165, 1.54) is 35.1 Å². The summed E-state index contributed by atoms with van der Waals surface area (Å²) >= 11 is 0. The quantitative estimate of drug-likeness (QED) is 0.701. The number of anilines is 1. The third-order valence-electron chi connectivity index (χ3n) is 5.04. The van der Waals surface area contributed by atoms with Crippen LogP contribution in [0.3, 0.4) is 0 Å². The normalized spacial score (nSPS) is 13.6. The van der Waals surface area contributed by atoms with Crippen molar-refractivity contribution in [3.63, 3.8) is 0 Å². The van der Waals surface area contributed by atoms with Crippen LogP contribution in [-0.4, -0.2) is 16.1 Å². The second kappa shape index (κ2) is 6.79. The van der Waals surface area contributed by atoms with Gasteiger partial charge >= 0.3 is 0 Å². The van der Waals surface area contributed by atoms with Crippen LogP contribution in [0.4, 0.5) is 5.82 Å². The summed E-state index contributed by atoms with van der Waals surface area (Å²) in [4.78, 5) is 12.2. The molecular formula is C22H23N3O. The third-order valence-corrected chi connectivity index (χ3v) is 5.04. The van der Waals surface area contributed by atoms with Gasteiger partial charge in [-0.05, 0) is 54.5 Å². The highest BCUT2D eigenvalue weighted by atomic mass is 16.1. The maximum absolute atomic E-state index is 12.2. The van der Waals surface area contributed by atoms with E-state index in [1.54, 1.807) is 0 Å². The third kappa shape index (κ3) is 3.69. The maximum Gasteiger partial charge on any atom is 0.229 e. The predicted molar refractivity (Wildman–Crippen MR) is 104 cm³/mol. The van der Waals surface area contributed by atoms with E-state index in [1.807, 2.05) is 18.2 Å². The minimum absolute atomic E-state index is 0.0437. The zero-order chi connectivity index (χ0) is 18.1. The fourth-order valence-electron chi connectivity index (χ4n) is 3.11. The lowest BCUT2D eigenvalue weighted by Crippen LogP contribution is -2.14. The number of aromatic amines is 1. The number of benzene rings is 2. The van der Waals surface area contributed by atoms with Crippen LogP contribution in [0.5, 0.6) is 0 Å². The smallest absolute Gasteiger partial charge is 0.229 e. The van der Waals surface area contributed by atoms with Gasteiger partial charge in [0.2, 0.25) is 5.91 Å². The van der Waals surface area contributed by atoms with Crippen molar-refractivity contribution in [1.29, 1.82) is 0 Å². The Morgan fingerprint density at radius 2 is 1.77 bits per heavy atom. The molecule has 4 rings (SSSR count). The standard InChI is InChI=1S/C22H23N3O/c1-14-3-6-19(11-15(14)2)17-7-4-16(5-8-17)12-22(26)23-21-13-20(24-25-21)18-9-10-18/h3-8,11,13,18H,9-10,12H2,1-2H3,(H2,23,24,25,26). The number of amides is 1. The molecule has 2 aromatic carbocycles. The van der Waals surface area contributed by atoms with Crippen LogP contribution >= 0.6 is 0 Å². The monoisotopic (exact) mass is 345 g/mol. The second-order valence-corrected chi connectivity index (χ2v) is 7.20. The minimum Gasteiger partial charge on any atom is -0.309 e. The van der Waals surface area contributed by atoms with Gasteiger partial charge in [-0.1, -0.05) is 42.5 Å². The fraction of sp³-hybridized carbons (Fsp3) is 0.273. The van der Waals surface area contributed by atoms with Gasteiger partial charge in [0.25, 0.3) is 0 Å². The number of rotatable bonds is 5. The molecule has 1 aromatic heterocycles. The number of hydrogen-bond acceptors (Lipinski definition) is 2. The Morgan fingerprint density at radius 1 is 1.04 bits per heavy atom. The van der Waals surface area contributed by atoms with Gasteiger partial charge in [-0.3, -0.25) is 9.89 Å². The van der Waals surface area contributed by atoms with Crippen LogP contribution in [-0.2, 0) is 11.2 Å². The number of carbonyl (C=O) groups excluding carboxylic acids is 1. The Kier molecular flexibility index (Phi) is 4.33. The van der Waals surface area contributed by atoms with Gasteiger partial charge in [0.15, 0.2) is 5.82 Å². The Balaban J connectivity index is 1.39. The predicted octanol–water partition coefficient (Wildman–Crippen LogP) is 4.75. The molecule has 1 fully saturated rings. The van der Waals surface area contributed by atoms with Crippen molar-refractivity contribution in [2.24, 2.45) is 0 Å². The van der Waals surface area contributed by atoms with Crippen molar-refractivity contribution >= 4 is 11.7 Å². The van der Waals surface area contributed by atoms with Crippen LogP contribution < -0.4 is 5.32 Å². The van der Waals surface area contributed by atoms with Crippen LogP contribution in [0.25, 0.3) is 11.1 Å². The molecule has 1 saturated carbocycles. The largest absolute Gasteiger partial charge is 0.309 e. The van der Waals surface area contributed by atoms with Gasteiger partial charge in [-0.2, -0.15) is 5.10 Å². The summed E-state index contributed by atoms with van der Waals surface area (Å²) < 4.78 is 0. The molecule has 4 nitrogen and oxygen atoms in total. The molecule has 0 bridgehead atoms. The van der Waals surface area contributed by atoms with Crippen molar-refractivity contribution in [3.8, 4) is 11.1 Å². The molecule has 1 aliphatic carbocycles. The lowest BCUT2D eigenvalue weighted by atomic mass is 9.99. The highest BCUT2D eigenvalue weighted by Crippen LogP contribution is 2.39. The molecule has 3 aromatic rings. The van der Waals surface area contributed by atoms with Crippen LogP contribution in [0.1, 0.15) is 41.1 Å².